The average molecular weight is 171 g/mol. The number of nitrogens with two attached hydrogens (primary N) is 1. The predicted molar refractivity (Wildman–Crippen MR) is 54.6 cm³/mol. The van der Waals surface area contributed by atoms with Crippen molar-refractivity contribution >= 4 is 16.5 Å². The highest BCUT2D eigenvalue weighted by Gasteiger charge is 1.93. The van der Waals surface area contributed by atoms with Gasteiger partial charge in [0.25, 0.3) is 0 Å². The molecule has 2 N–H and O–H groups in total. The van der Waals surface area contributed by atoms with Crippen molar-refractivity contribution < 1.29 is 0 Å². The zero-order chi connectivity index (χ0) is 9.26. The van der Waals surface area contributed by atoms with Gasteiger partial charge in [-0.25, -0.2) is 0 Å². The lowest BCUT2D eigenvalue weighted by Gasteiger charge is -1.89. The van der Waals surface area contributed by atoms with Crippen LogP contribution in [0.15, 0.2) is 47.3 Å². The minimum Gasteiger partial charge on any atom is -0.396 e. The van der Waals surface area contributed by atoms with Gasteiger partial charge in [0, 0.05) is 0 Å². The minimum atomic E-state index is -0.129. The Hall–Kier alpha value is -1.83. The molecule has 0 heterocycles. The molecule has 0 fully saturated rings. The molecule has 2 nitrogen and oxygen atoms in total. The topological polar surface area (TPSA) is 43.1 Å². The van der Waals surface area contributed by atoms with Crippen LogP contribution in [0.4, 0.5) is 5.69 Å². The third-order valence-electron chi connectivity index (χ3n) is 2.01. The Balaban J connectivity index is 2.97. The number of benzene rings is 1. The summed E-state index contributed by atoms with van der Waals surface area (Å²) in [5.74, 6) is 0. The first kappa shape index (κ1) is 7.80. The van der Waals surface area contributed by atoms with Crippen LogP contribution in [0.5, 0.6) is 0 Å². The average Bonchev–Trinajstić information content (AvgIpc) is 2.28. The summed E-state index contributed by atoms with van der Waals surface area (Å²) in [6.45, 7) is 0. The van der Waals surface area contributed by atoms with Crippen molar-refractivity contribution in [1.82, 2.24) is 0 Å². The summed E-state index contributed by atoms with van der Waals surface area (Å²) >= 11 is 0. The lowest BCUT2D eigenvalue weighted by Crippen LogP contribution is -2.01. The van der Waals surface area contributed by atoms with E-state index in [-0.39, 0.29) is 5.43 Å². The number of hydrogen-bond acceptors (Lipinski definition) is 2. The van der Waals surface area contributed by atoms with Crippen LogP contribution >= 0.6 is 0 Å². The summed E-state index contributed by atoms with van der Waals surface area (Å²) in [6.07, 6.45) is 0. The quantitative estimate of drug-likeness (QED) is 0.656. The molecule has 0 spiro atoms. The summed E-state index contributed by atoms with van der Waals surface area (Å²) < 4.78 is 0. The van der Waals surface area contributed by atoms with Crippen molar-refractivity contribution in [3.05, 3.63) is 52.7 Å². The summed E-state index contributed by atoms with van der Waals surface area (Å²) in [6, 6.07) is 12.7. The van der Waals surface area contributed by atoms with E-state index in [1.54, 1.807) is 12.1 Å². The van der Waals surface area contributed by atoms with Crippen LogP contribution < -0.4 is 11.2 Å². The van der Waals surface area contributed by atoms with Crippen LogP contribution in [0.2, 0.25) is 0 Å². The predicted octanol–water partition coefficient (Wildman–Crippen LogP) is 1.78. The lowest BCUT2D eigenvalue weighted by atomic mass is 10.2. The second kappa shape index (κ2) is 2.90. The lowest BCUT2D eigenvalue weighted by molar-refractivity contribution is 1.66. The van der Waals surface area contributed by atoms with E-state index >= 15 is 0 Å². The highest BCUT2D eigenvalue weighted by molar-refractivity contribution is 5.83. The molecule has 0 aliphatic heterocycles. The maximum Gasteiger partial charge on any atom is 0.201 e. The molecule has 0 saturated heterocycles. The molecule has 2 aromatic carbocycles. The SMILES string of the molecule is Nc1cc2ccccc2ccc1=O. The summed E-state index contributed by atoms with van der Waals surface area (Å²) in [5.41, 5.74) is 5.72. The van der Waals surface area contributed by atoms with E-state index < -0.39 is 0 Å². The van der Waals surface area contributed by atoms with Gasteiger partial charge in [0.1, 0.15) is 0 Å². The highest BCUT2D eigenvalue weighted by atomic mass is 16.1. The molecule has 0 unspecified atom stereocenters. The van der Waals surface area contributed by atoms with E-state index in [9.17, 15) is 4.79 Å². The van der Waals surface area contributed by atoms with Crippen LogP contribution in [0.25, 0.3) is 10.8 Å². The zero-order valence-electron chi connectivity index (χ0n) is 7.03. The standard InChI is InChI=1S/C11H9NO/c12-10-7-9-4-2-1-3-8(9)5-6-11(10)13/h1-7H,(H2,12,13). The second-order valence-electron chi connectivity index (χ2n) is 2.93. The van der Waals surface area contributed by atoms with Gasteiger partial charge in [-0.15, -0.1) is 0 Å². The van der Waals surface area contributed by atoms with Crippen LogP contribution in [0, 0.1) is 0 Å². The Labute approximate surface area is 75.6 Å². The van der Waals surface area contributed by atoms with Crippen molar-refractivity contribution in [2.24, 2.45) is 0 Å². The number of rotatable bonds is 0. The third-order valence-corrected chi connectivity index (χ3v) is 2.01. The van der Waals surface area contributed by atoms with Crippen molar-refractivity contribution in [2.45, 2.75) is 0 Å². The molecule has 0 saturated carbocycles. The Kier molecular flexibility index (Phi) is 1.74. The number of fused-ring (bicyclic) bond motifs is 1. The monoisotopic (exact) mass is 171 g/mol. The summed E-state index contributed by atoms with van der Waals surface area (Å²) in [4.78, 5) is 11.2. The Bertz CT molecular complexity index is 505. The van der Waals surface area contributed by atoms with Crippen LogP contribution in [0.3, 0.4) is 0 Å². The van der Waals surface area contributed by atoms with Crippen LogP contribution in [-0.2, 0) is 0 Å². The molecule has 0 aromatic heterocycles. The Morgan fingerprint density at radius 1 is 0.923 bits per heavy atom. The fraction of sp³-hybridized carbons (Fsp3) is 0. The van der Waals surface area contributed by atoms with Gasteiger partial charge in [0.2, 0.25) is 5.43 Å². The van der Waals surface area contributed by atoms with Gasteiger partial charge in [-0.1, -0.05) is 30.3 Å². The fourth-order valence-corrected chi connectivity index (χ4v) is 1.29. The van der Waals surface area contributed by atoms with E-state index in [2.05, 4.69) is 0 Å². The molecule has 0 atom stereocenters. The normalized spacial score (nSPS) is 10.2. The Morgan fingerprint density at radius 3 is 2.38 bits per heavy atom. The van der Waals surface area contributed by atoms with Gasteiger partial charge < -0.3 is 5.73 Å². The first-order valence-electron chi connectivity index (χ1n) is 4.06. The van der Waals surface area contributed by atoms with E-state index in [1.807, 2.05) is 24.3 Å². The van der Waals surface area contributed by atoms with Gasteiger partial charge >= 0.3 is 0 Å². The van der Waals surface area contributed by atoms with Gasteiger partial charge in [-0.2, -0.15) is 0 Å². The molecule has 2 aromatic rings. The Morgan fingerprint density at radius 2 is 1.62 bits per heavy atom. The summed E-state index contributed by atoms with van der Waals surface area (Å²) in [7, 11) is 0. The molecule has 2 rings (SSSR count). The third kappa shape index (κ3) is 1.38. The van der Waals surface area contributed by atoms with Crippen LogP contribution in [-0.4, -0.2) is 0 Å². The van der Waals surface area contributed by atoms with Crippen molar-refractivity contribution in [1.29, 1.82) is 0 Å². The van der Waals surface area contributed by atoms with Crippen molar-refractivity contribution in [3.8, 4) is 0 Å². The van der Waals surface area contributed by atoms with E-state index in [0.29, 0.717) is 5.69 Å². The molecule has 0 bridgehead atoms. The number of anilines is 1. The highest BCUT2D eigenvalue weighted by Crippen LogP contribution is 2.11. The molecular weight excluding hydrogens is 162 g/mol. The van der Waals surface area contributed by atoms with Gasteiger partial charge in [0.15, 0.2) is 0 Å². The zero-order valence-corrected chi connectivity index (χ0v) is 7.03. The number of nitrogen functional groups attached to an aromatic ring is 1. The molecule has 0 aliphatic rings. The molecule has 13 heavy (non-hydrogen) atoms. The van der Waals surface area contributed by atoms with Gasteiger partial charge in [-0.3, -0.25) is 4.79 Å². The summed E-state index contributed by atoms with van der Waals surface area (Å²) in [5, 5.41) is 2.01. The van der Waals surface area contributed by atoms with Crippen molar-refractivity contribution in [2.75, 3.05) is 5.73 Å². The fourth-order valence-electron chi connectivity index (χ4n) is 1.29. The second-order valence-corrected chi connectivity index (χ2v) is 2.93. The van der Waals surface area contributed by atoms with E-state index in [0.717, 1.165) is 10.8 Å². The first-order chi connectivity index (χ1) is 6.27. The minimum absolute atomic E-state index is 0.129. The number of hydrogen-bond donors (Lipinski definition) is 1. The molecule has 64 valence electrons. The maximum absolute atomic E-state index is 11.2. The smallest absolute Gasteiger partial charge is 0.201 e. The van der Waals surface area contributed by atoms with E-state index in [1.165, 1.54) is 6.07 Å². The van der Waals surface area contributed by atoms with Crippen molar-refractivity contribution in [3.63, 3.8) is 0 Å². The van der Waals surface area contributed by atoms with Crippen LogP contribution in [0.1, 0.15) is 0 Å². The van der Waals surface area contributed by atoms with Gasteiger partial charge in [0.05, 0.1) is 5.69 Å². The first-order valence-corrected chi connectivity index (χ1v) is 4.06. The molecule has 2 heteroatoms. The largest absolute Gasteiger partial charge is 0.396 e. The maximum atomic E-state index is 11.2. The van der Waals surface area contributed by atoms with Gasteiger partial charge in [-0.05, 0) is 22.9 Å². The molecular formula is C11H9NO. The molecule has 0 aliphatic carbocycles. The van der Waals surface area contributed by atoms with E-state index in [4.69, 9.17) is 5.73 Å². The molecule has 0 amide bonds. The molecule has 0 radical (unpaired) electrons.